The van der Waals surface area contributed by atoms with Gasteiger partial charge in [0.1, 0.15) is 0 Å². The van der Waals surface area contributed by atoms with Gasteiger partial charge in [0.05, 0.1) is 11.1 Å². The van der Waals surface area contributed by atoms with Crippen LogP contribution in [-0.4, -0.2) is 46.2 Å². The molecule has 0 saturated carbocycles. The number of hydrogen-bond donors (Lipinski definition) is 2. The number of carboxylic acids is 2. The van der Waals surface area contributed by atoms with Gasteiger partial charge in [0.2, 0.25) is 0 Å². The molecule has 0 radical (unpaired) electrons. The maximum absolute atomic E-state index is 13.1. The summed E-state index contributed by atoms with van der Waals surface area (Å²) in [4.78, 5) is 51.7. The highest BCUT2D eigenvalue weighted by atomic mass is 32.2. The summed E-state index contributed by atoms with van der Waals surface area (Å²) in [6.45, 7) is 0. The minimum Gasteiger partial charge on any atom is -0.478 e. The van der Waals surface area contributed by atoms with Gasteiger partial charge in [-0.15, -0.1) is 23.5 Å². The van der Waals surface area contributed by atoms with Gasteiger partial charge in [-0.25, -0.2) is 9.59 Å². The Kier molecular flexibility index (Phi) is 7.17. The minimum absolute atomic E-state index is 0.232. The largest absolute Gasteiger partial charge is 0.478 e. The van der Waals surface area contributed by atoms with E-state index in [1.807, 2.05) is 12.5 Å². The lowest BCUT2D eigenvalue weighted by molar-refractivity contribution is 0.0690. The highest BCUT2D eigenvalue weighted by Crippen LogP contribution is 2.25. The van der Waals surface area contributed by atoms with Crippen molar-refractivity contribution in [3.8, 4) is 0 Å². The molecule has 0 aliphatic carbocycles. The molecule has 32 heavy (non-hydrogen) atoms. The molecule has 8 heteroatoms. The van der Waals surface area contributed by atoms with Crippen LogP contribution < -0.4 is 0 Å². The molecular weight excluding hydrogens is 448 g/mol. The van der Waals surface area contributed by atoms with Gasteiger partial charge in [-0.05, 0) is 73.2 Å². The van der Waals surface area contributed by atoms with E-state index in [2.05, 4.69) is 0 Å². The topological polar surface area (TPSA) is 109 Å². The molecule has 0 aliphatic rings. The Morgan fingerprint density at radius 1 is 0.562 bits per heavy atom. The number of carbonyl (C=O) groups excluding carboxylic acids is 2. The molecular formula is C24H18O6S2. The molecule has 0 atom stereocenters. The predicted molar refractivity (Wildman–Crippen MR) is 124 cm³/mol. The number of hydrogen-bond acceptors (Lipinski definition) is 6. The Morgan fingerprint density at radius 3 is 1.16 bits per heavy atom. The summed E-state index contributed by atoms with van der Waals surface area (Å²) in [7, 11) is 0. The summed E-state index contributed by atoms with van der Waals surface area (Å²) in [5, 5.41) is 19.2. The van der Waals surface area contributed by atoms with E-state index in [0.717, 1.165) is 21.9 Å². The van der Waals surface area contributed by atoms with Crippen molar-refractivity contribution >= 4 is 47.0 Å². The predicted octanol–water partition coefficient (Wildman–Crippen LogP) is 4.99. The number of rotatable bonds is 8. The molecule has 0 fully saturated rings. The van der Waals surface area contributed by atoms with Crippen molar-refractivity contribution in [3.05, 3.63) is 94.0 Å². The second-order valence-corrected chi connectivity index (χ2v) is 8.43. The van der Waals surface area contributed by atoms with Crippen LogP contribution in [0.1, 0.15) is 52.6 Å². The summed E-state index contributed by atoms with van der Waals surface area (Å²) < 4.78 is 0. The number of ketones is 2. The zero-order valence-corrected chi connectivity index (χ0v) is 18.8. The number of carboxylic acid groups (broad SMARTS) is 2. The second-order valence-electron chi connectivity index (χ2n) is 6.67. The SMILES string of the molecule is CSc1ccc(C(=O)c2cc(C(=O)c3ccc(SC)cc3)c(C(=O)O)cc2C(=O)O)cc1. The first-order chi connectivity index (χ1) is 15.3. The molecule has 3 rings (SSSR count). The van der Waals surface area contributed by atoms with Crippen molar-refractivity contribution in [1.82, 2.24) is 0 Å². The van der Waals surface area contributed by atoms with Crippen LogP contribution in [0.25, 0.3) is 0 Å². The molecule has 2 N–H and O–H groups in total. The Labute approximate surface area is 192 Å². The van der Waals surface area contributed by atoms with Crippen LogP contribution in [0.15, 0.2) is 70.5 Å². The lowest BCUT2D eigenvalue weighted by Gasteiger charge is -2.12. The molecule has 0 amide bonds. The highest BCUT2D eigenvalue weighted by molar-refractivity contribution is 7.98. The lowest BCUT2D eigenvalue weighted by Crippen LogP contribution is -2.17. The zero-order valence-electron chi connectivity index (χ0n) is 17.1. The van der Waals surface area contributed by atoms with E-state index in [1.165, 1.54) is 23.5 Å². The van der Waals surface area contributed by atoms with E-state index in [-0.39, 0.29) is 22.3 Å². The second kappa shape index (κ2) is 9.84. The van der Waals surface area contributed by atoms with Gasteiger partial charge in [-0.3, -0.25) is 9.59 Å². The van der Waals surface area contributed by atoms with Gasteiger partial charge in [0.25, 0.3) is 0 Å². The minimum atomic E-state index is -1.46. The Hall–Kier alpha value is -3.36. The van der Waals surface area contributed by atoms with E-state index in [4.69, 9.17) is 0 Å². The first-order valence-corrected chi connectivity index (χ1v) is 11.7. The normalized spacial score (nSPS) is 10.6. The van der Waals surface area contributed by atoms with Crippen molar-refractivity contribution in [2.24, 2.45) is 0 Å². The fourth-order valence-corrected chi connectivity index (χ4v) is 3.94. The van der Waals surface area contributed by atoms with Crippen LogP contribution in [0, 0.1) is 0 Å². The van der Waals surface area contributed by atoms with Crippen LogP contribution in [0.4, 0.5) is 0 Å². The van der Waals surface area contributed by atoms with Crippen molar-refractivity contribution in [2.45, 2.75) is 9.79 Å². The number of carbonyl (C=O) groups is 4. The summed E-state index contributed by atoms with van der Waals surface area (Å²) in [5.74, 6) is -4.14. The van der Waals surface area contributed by atoms with E-state index in [1.54, 1.807) is 48.5 Å². The van der Waals surface area contributed by atoms with Crippen LogP contribution in [0.2, 0.25) is 0 Å². The van der Waals surface area contributed by atoms with E-state index >= 15 is 0 Å². The molecule has 0 heterocycles. The third-order valence-corrected chi connectivity index (χ3v) is 6.30. The molecule has 0 saturated heterocycles. The standard InChI is InChI=1S/C24H18O6S2/c1-31-15-7-3-13(4-8-15)21(25)17-11-18(20(24(29)30)12-19(17)23(27)28)22(26)14-5-9-16(32-2)10-6-14/h3-12H,1-2H3,(H,27,28)(H,29,30). The van der Waals surface area contributed by atoms with Crippen molar-refractivity contribution in [2.75, 3.05) is 12.5 Å². The van der Waals surface area contributed by atoms with Gasteiger partial charge < -0.3 is 10.2 Å². The summed E-state index contributed by atoms with van der Waals surface area (Å²) in [5.41, 5.74) is -0.981. The molecule has 3 aromatic rings. The lowest BCUT2D eigenvalue weighted by atomic mass is 9.90. The van der Waals surface area contributed by atoms with Crippen LogP contribution in [0.3, 0.4) is 0 Å². The fraction of sp³-hybridized carbons (Fsp3) is 0.0833. The quantitative estimate of drug-likeness (QED) is 0.353. The van der Waals surface area contributed by atoms with Crippen LogP contribution in [0.5, 0.6) is 0 Å². The van der Waals surface area contributed by atoms with Crippen molar-refractivity contribution in [3.63, 3.8) is 0 Å². The summed E-state index contributed by atoms with van der Waals surface area (Å²) >= 11 is 2.98. The monoisotopic (exact) mass is 466 g/mol. The molecule has 162 valence electrons. The Morgan fingerprint density at radius 2 is 0.875 bits per heavy atom. The average Bonchev–Trinajstić information content (AvgIpc) is 2.82. The molecule has 0 unspecified atom stereocenters. The number of aromatic carboxylic acids is 2. The van der Waals surface area contributed by atoms with Crippen molar-refractivity contribution in [1.29, 1.82) is 0 Å². The third kappa shape index (κ3) is 4.76. The molecule has 6 nitrogen and oxygen atoms in total. The van der Waals surface area contributed by atoms with Gasteiger partial charge in [0, 0.05) is 32.0 Å². The third-order valence-electron chi connectivity index (χ3n) is 4.81. The summed E-state index contributed by atoms with van der Waals surface area (Å²) in [6.07, 6.45) is 3.77. The smallest absolute Gasteiger partial charge is 0.336 e. The van der Waals surface area contributed by atoms with E-state index < -0.39 is 34.6 Å². The van der Waals surface area contributed by atoms with Gasteiger partial charge in [-0.2, -0.15) is 0 Å². The van der Waals surface area contributed by atoms with Crippen molar-refractivity contribution < 1.29 is 29.4 Å². The van der Waals surface area contributed by atoms with Crippen LogP contribution in [-0.2, 0) is 0 Å². The fourth-order valence-electron chi connectivity index (χ4n) is 3.13. The van der Waals surface area contributed by atoms with Gasteiger partial charge in [-0.1, -0.05) is 0 Å². The van der Waals surface area contributed by atoms with E-state index in [9.17, 15) is 29.4 Å². The first kappa shape index (κ1) is 23.3. The van der Waals surface area contributed by atoms with Gasteiger partial charge >= 0.3 is 11.9 Å². The van der Waals surface area contributed by atoms with E-state index in [0.29, 0.717) is 0 Å². The Bertz CT molecular complexity index is 1120. The summed E-state index contributed by atoms with van der Waals surface area (Å²) in [6, 6.07) is 15.1. The van der Waals surface area contributed by atoms with Gasteiger partial charge in [0.15, 0.2) is 11.6 Å². The highest BCUT2D eigenvalue weighted by Gasteiger charge is 2.26. The number of thioether (sulfide) groups is 2. The molecule has 0 aromatic heterocycles. The molecule has 0 aliphatic heterocycles. The maximum atomic E-state index is 13.1. The van der Waals surface area contributed by atoms with Crippen LogP contribution >= 0.6 is 23.5 Å². The number of benzene rings is 3. The molecule has 0 spiro atoms. The first-order valence-electron chi connectivity index (χ1n) is 9.29. The Balaban J connectivity index is 2.17. The average molecular weight is 467 g/mol. The zero-order chi connectivity index (χ0) is 23.4. The maximum Gasteiger partial charge on any atom is 0.336 e. The molecule has 0 bridgehead atoms. The molecule has 3 aromatic carbocycles.